The molecule has 0 bridgehead atoms. The fourth-order valence-corrected chi connectivity index (χ4v) is 3.80. The number of rotatable bonds is 7. The van der Waals surface area contributed by atoms with Crippen molar-refractivity contribution in [3.8, 4) is 0 Å². The third-order valence-corrected chi connectivity index (χ3v) is 5.01. The smallest absolute Gasteiger partial charge is 0.317 e. The van der Waals surface area contributed by atoms with Crippen LogP contribution in [0.3, 0.4) is 0 Å². The van der Waals surface area contributed by atoms with Crippen molar-refractivity contribution >= 4 is 15.9 Å². The van der Waals surface area contributed by atoms with Crippen molar-refractivity contribution < 1.29 is 13.2 Å². The standard InChI is InChI=1S/C15H28N4O3S/c1-7-18(11(3)10-23(6,21)22)15(20)16-9-14-12(4)17-19(8-2)13(14)5/h11H,7-10H2,1-6H3,(H,16,20). The van der Waals surface area contributed by atoms with Crippen molar-refractivity contribution in [1.29, 1.82) is 0 Å². The Morgan fingerprint density at radius 3 is 2.39 bits per heavy atom. The molecular weight excluding hydrogens is 316 g/mol. The summed E-state index contributed by atoms with van der Waals surface area (Å²) in [6, 6.07) is -0.623. The number of nitrogens with zero attached hydrogens (tertiary/aromatic N) is 3. The van der Waals surface area contributed by atoms with E-state index in [1.54, 1.807) is 6.92 Å². The fourth-order valence-electron chi connectivity index (χ4n) is 2.75. The van der Waals surface area contributed by atoms with Crippen LogP contribution in [0, 0.1) is 13.8 Å². The Balaban J connectivity index is 2.76. The predicted octanol–water partition coefficient (Wildman–Crippen LogP) is 1.48. The van der Waals surface area contributed by atoms with Gasteiger partial charge < -0.3 is 10.2 Å². The molecule has 0 aliphatic heterocycles. The molecule has 0 aliphatic rings. The summed E-state index contributed by atoms with van der Waals surface area (Å²) >= 11 is 0. The average Bonchev–Trinajstić information content (AvgIpc) is 2.70. The molecule has 1 aromatic heterocycles. The van der Waals surface area contributed by atoms with Gasteiger partial charge in [0.2, 0.25) is 0 Å². The maximum absolute atomic E-state index is 12.4. The van der Waals surface area contributed by atoms with Crippen LogP contribution in [0.1, 0.15) is 37.7 Å². The number of carbonyl (C=O) groups excluding carboxylic acids is 1. The first-order valence-electron chi connectivity index (χ1n) is 7.85. The lowest BCUT2D eigenvalue weighted by Crippen LogP contribution is -2.47. The van der Waals surface area contributed by atoms with Crippen LogP contribution in [0.5, 0.6) is 0 Å². The molecule has 1 atom stereocenters. The van der Waals surface area contributed by atoms with Crippen LogP contribution in [0.15, 0.2) is 0 Å². The Hall–Kier alpha value is -1.57. The minimum Gasteiger partial charge on any atom is -0.334 e. The van der Waals surface area contributed by atoms with E-state index in [0.717, 1.165) is 23.5 Å². The molecule has 0 radical (unpaired) electrons. The summed E-state index contributed by atoms with van der Waals surface area (Å²) in [5.41, 5.74) is 2.95. The number of carbonyl (C=O) groups is 1. The van der Waals surface area contributed by atoms with Gasteiger partial charge in [-0.2, -0.15) is 5.10 Å². The molecule has 0 fully saturated rings. The molecule has 1 N–H and O–H groups in total. The van der Waals surface area contributed by atoms with E-state index in [1.807, 2.05) is 32.4 Å². The summed E-state index contributed by atoms with van der Waals surface area (Å²) in [5.74, 6) is -0.0416. The van der Waals surface area contributed by atoms with Gasteiger partial charge in [-0.05, 0) is 34.6 Å². The fraction of sp³-hybridized carbons (Fsp3) is 0.733. The van der Waals surface area contributed by atoms with Gasteiger partial charge >= 0.3 is 6.03 Å². The number of sulfone groups is 1. The van der Waals surface area contributed by atoms with E-state index in [9.17, 15) is 13.2 Å². The van der Waals surface area contributed by atoms with Crippen molar-refractivity contribution in [3.05, 3.63) is 17.0 Å². The van der Waals surface area contributed by atoms with Crippen molar-refractivity contribution in [2.45, 2.75) is 53.8 Å². The average molecular weight is 344 g/mol. The van der Waals surface area contributed by atoms with Gasteiger partial charge in [0.25, 0.3) is 0 Å². The molecule has 1 heterocycles. The molecule has 0 saturated heterocycles. The maximum atomic E-state index is 12.4. The highest BCUT2D eigenvalue weighted by molar-refractivity contribution is 7.90. The third-order valence-electron chi connectivity index (χ3n) is 3.92. The van der Waals surface area contributed by atoms with E-state index in [0.29, 0.717) is 13.1 Å². The van der Waals surface area contributed by atoms with Gasteiger partial charge in [0.15, 0.2) is 0 Å². The number of aromatic nitrogens is 2. The van der Waals surface area contributed by atoms with Crippen molar-refractivity contribution in [3.63, 3.8) is 0 Å². The summed E-state index contributed by atoms with van der Waals surface area (Å²) in [6.07, 6.45) is 1.18. The zero-order valence-corrected chi connectivity index (χ0v) is 15.7. The molecular formula is C15H28N4O3S. The second-order valence-electron chi connectivity index (χ2n) is 5.85. The quantitative estimate of drug-likeness (QED) is 0.812. The number of hydrogen-bond donors (Lipinski definition) is 1. The number of aryl methyl sites for hydroxylation is 2. The number of amides is 2. The minimum atomic E-state index is -3.13. The molecule has 1 rings (SSSR count). The SMILES string of the molecule is CCN(C(=O)NCc1c(C)nn(CC)c1C)C(C)CS(C)(=O)=O. The first-order chi connectivity index (χ1) is 10.6. The van der Waals surface area contributed by atoms with Gasteiger partial charge in [-0.3, -0.25) is 4.68 Å². The van der Waals surface area contributed by atoms with Crippen molar-refractivity contribution in [1.82, 2.24) is 20.0 Å². The van der Waals surface area contributed by atoms with E-state index in [4.69, 9.17) is 0 Å². The van der Waals surface area contributed by atoms with E-state index in [1.165, 1.54) is 11.2 Å². The van der Waals surface area contributed by atoms with Gasteiger partial charge in [-0.1, -0.05) is 0 Å². The summed E-state index contributed by atoms with van der Waals surface area (Å²) in [5, 5.41) is 7.30. The molecule has 2 amide bonds. The van der Waals surface area contributed by atoms with Crippen molar-refractivity contribution in [2.24, 2.45) is 0 Å². The highest BCUT2D eigenvalue weighted by Gasteiger charge is 2.22. The van der Waals surface area contributed by atoms with Gasteiger partial charge in [0.05, 0.1) is 11.4 Å². The highest BCUT2D eigenvalue weighted by atomic mass is 32.2. The topological polar surface area (TPSA) is 84.3 Å². The monoisotopic (exact) mass is 344 g/mol. The Morgan fingerprint density at radius 1 is 1.35 bits per heavy atom. The zero-order chi connectivity index (χ0) is 17.8. The van der Waals surface area contributed by atoms with Crippen LogP contribution in [0.25, 0.3) is 0 Å². The lowest BCUT2D eigenvalue weighted by atomic mass is 10.2. The Labute approximate surface area is 139 Å². The van der Waals surface area contributed by atoms with Crippen LogP contribution >= 0.6 is 0 Å². The molecule has 0 saturated carbocycles. The van der Waals surface area contributed by atoms with E-state index < -0.39 is 9.84 Å². The third kappa shape index (κ3) is 5.23. The van der Waals surface area contributed by atoms with Crippen LogP contribution < -0.4 is 5.32 Å². The number of hydrogen-bond acceptors (Lipinski definition) is 4. The highest BCUT2D eigenvalue weighted by Crippen LogP contribution is 2.13. The lowest BCUT2D eigenvalue weighted by Gasteiger charge is -2.27. The van der Waals surface area contributed by atoms with Crippen LogP contribution in [-0.4, -0.2) is 53.7 Å². The predicted molar refractivity (Wildman–Crippen MR) is 91.2 cm³/mol. The molecule has 23 heavy (non-hydrogen) atoms. The van der Waals surface area contributed by atoms with E-state index in [2.05, 4.69) is 10.4 Å². The number of urea groups is 1. The number of nitrogens with one attached hydrogen (secondary N) is 1. The van der Waals surface area contributed by atoms with Gasteiger partial charge in [0, 0.05) is 43.2 Å². The zero-order valence-electron chi connectivity index (χ0n) is 14.9. The largest absolute Gasteiger partial charge is 0.334 e. The van der Waals surface area contributed by atoms with Crippen LogP contribution in [0.4, 0.5) is 4.79 Å². The maximum Gasteiger partial charge on any atom is 0.317 e. The Kier molecular flexibility index (Phi) is 6.61. The van der Waals surface area contributed by atoms with Crippen LogP contribution in [0.2, 0.25) is 0 Å². The van der Waals surface area contributed by atoms with E-state index in [-0.39, 0.29) is 17.8 Å². The molecule has 1 unspecified atom stereocenters. The lowest BCUT2D eigenvalue weighted by molar-refractivity contribution is 0.187. The van der Waals surface area contributed by atoms with Crippen molar-refractivity contribution in [2.75, 3.05) is 18.6 Å². The molecule has 0 aromatic carbocycles. The second kappa shape index (κ2) is 7.81. The Bertz CT molecular complexity index is 652. The molecule has 0 aliphatic carbocycles. The first kappa shape index (κ1) is 19.5. The van der Waals surface area contributed by atoms with E-state index >= 15 is 0 Å². The summed E-state index contributed by atoms with van der Waals surface area (Å²) in [7, 11) is -3.13. The Morgan fingerprint density at radius 2 is 1.96 bits per heavy atom. The van der Waals surface area contributed by atoms with Crippen LogP contribution in [-0.2, 0) is 22.9 Å². The minimum absolute atomic E-state index is 0.0416. The van der Waals surface area contributed by atoms with Gasteiger partial charge in [-0.15, -0.1) is 0 Å². The van der Waals surface area contributed by atoms with Gasteiger partial charge in [0.1, 0.15) is 9.84 Å². The second-order valence-corrected chi connectivity index (χ2v) is 8.04. The summed E-state index contributed by atoms with van der Waals surface area (Å²) < 4.78 is 24.7. The molecule has 1 aromatic rings. The molecule has 7 nitrogen and oxygen atoms in total. The summed E-state index contributed by atoms with van der Waals surface area (Å²) in [6.45, 7) is 11.1. The normalized spacial score (nSPS) is 13.0. The molecule has 8 heteroatoms. The van der Waals surface area contributed by atoms with Gasteiger partial charge in [-0.25, -0.2) is 13.2 Å². The first-order valence-corrected chi connectivity index (χ1v) is 9.91. The molecule has 0 spiro atoms. The summed E-state index contributed by atoms with van der Waals surface area (Å²) in [4.78, 5) is 13.9. The molecule has 132 valence electrons.